The number of amides is 1. The lowest BCUT2D eigenvalue weighted by molar-refractivity contribution is -0.384. The monoisotopic (exact) mass is 427 g/mol. The van der Waals surface area contributed by atoms with Gasteiger partial charge in [-0.3, -0.25) is 19.8 Å². The quantitative estimate of drug-likeness (QED) is 0.380. The van der Waals surface area contributed by atoms with E-state index in [1.165, 1.54) is 19.2 Å². The van der Waals surface area contributed by atoms with E-state index in [0.29, 0.717) is 32.8 Å². The van der Waals surface area contributed by atoms with Crippen molar-refractivity contribution < 1.29 is 24.0 Å². The standard InChI is InChI=1S/C22H25N3O6/c1-3-31-20-6-4-16(5-7-20)15-23-8-10-24(11-9-23)21(26)17-12-18(22(27)30-2)14-19(13-17)25(28)29/h4-7,12-14H,3,8-11,15H2,1-2H3. The molecule has 1 aliphatic heterocycles. The molecule has 1 heterocycles. The first-order valence-electron chi connectivity index (χ1n) is 10.0. The van der Waals surface area contributed by atoms with E-state index in [1.54, 1.807) is 4.90 Å². The Kier molecular flexibility index (Phi) is 7.19. The number of hydrogen-bond acceptors (Lipinski definition) is 7. The lowest BCUT2D eigenvalue weighted by Crippen LogP contribution is -2.48. The summed E-state index contributed by atoms with van der Waals surface area (Å²) >= 11 is 0. The molecule has 3 rings (SSSR count). The number of rotatable bonds is 7. The fraction of sp³-hybridized carbons (Fsp3) is 0.364. The second kappa shape index (κ2) is 10.0. The molecule has 164 valence electrons. The lowest BCUT2D eigenvalue weighted by atomic mass is 10.1. The van der Waals surface area contributed by atoms with Crippen molar-refractivity contribution in [1.29, 1.82) is 0 Å². The number of carbonyl (C=O) groups excluding carboxylic acids is 2. The molecule has 2 aromatic carbocycles. The molecule has 0 bridgehead atoms. The third-order valence-electron chi connectivity index (χ3n) is 5.10. The Labute approximate surface area is 180 Å². The molecule has 1 saturated heterocycles. The number of nitrogens with zero attached hydrogens (tertiary/aromatic N) is 3. The Morgan fingerprint density at radius 3 is 2.26 bits per heavy atom. The fourth-order valence-corrected chi connectivity index (χ4v) is 3.48. The molecule has 0 N–H and O–H groups in total. The van der Waals surface area contributed by atoms with Gasteiger partial charge < -0.3 is 14.4 Å². The first-order valence-corrected chi connectivity index (χ1v) is 10.0. The Morgan fingerprint density at radius 1 is 1.03 bits per heavy atom. The summed E-state index contributed by atoms with van der Waals surface area (Å²) < 4.78 is 10.1. The van der Waals surface area contributed by atoms with Crippen molar-refractivity contribution in [3.05, 3.63) is 69.3 Å². The van der Waals surface area contributed by atoms with Crippen molar-refractivity contribution in [2.75, 3.05) is 39.9 Å². The number of hydrogen-bond donors (Lipinski definition) is 0. The molecule has 0 spiro atoms. The highest BCUT2D eigenvalue weighted by atomic mass is 16.6. The summed E-state index contributed by atoms with van der Waals surface area (Å²) in [6.07, 6.45) is 0. The molecule has 9 nitrogen and oxygen atoms in total. The van der Waals surface area contributed by atoms with Crippen molar-refractivity contribution >= 4 is 17.6 Å². The Morgan fingerprint density at radius 2 is 1.68 bits per heavy atom. The number of nitro groups is 1. The van der Waals surface area contributed by atoms with Gasteiger partial charge in [0, 0.05) is 50.4 Å². The Hall–Kier alpha value is -3.46. The smallest absolute Gasteiger partial charge is 0.338 e. The predicted octanol–water partition coefficient (Wildman–Crippen LogP) is 2.74. The topological polar surface area (TPSA) is 102 Å². The maximum absolute atomic E-state index is 12.9. The highest BCUT2D eigenvalue weighted by molar-refractivity contribution is 5.99. The van der Waals surface area contributed by atoms with Gasteiger partial charge in [0.05, 0.1) is 24.2 Å². The molecule has 0 aromatic heterocycles. The van der Waals surface area contributed by atoms with Crippen molar-refractivity contribution in [1.82, 2.24) is 9.80 Å². The van der Waals surface area contributed by atoms with E-state index in [2.05, 4.69) is 9.64 Å². The van der Waals surface area contributed by atoms with E-state index in [1.807, 2.05) is 31.2 Å². The number of benzene rings is 2. The second-order valence-corrected chi connectivity index (χ2v) is 7.16. The number of non-ortho nitro benzene ring substituents is 1. The van der Waals surface area contributed by atoms with Crippen LogP contribution in [0.4, 0.5) is 5.69 Å². The normalized spacial score (nSPS) is 14.2. The van der Waals surface area contributed by atoms with Crippen molar-refractivity contribution in [2.45, 2.75) is 13.5 Å². The minimum atomic E-state index is -0.724. The van der Waals surface area contributed by atoms with Gasteiger partial charge >= 0.3 is 5.97 Å². The third-order valence-corrected chi connectivity index (χ3v) is 5.10. The Balaban J connectivity index is 1.64. The summed E-state index contributed by atoms with van der Waals surface area (Å²) in [6, 6.07) is 11.6. The molecule has 1 aliphatic rings. The summed E-state index contributed by atoms with van der Waals surface area (Å²) in [7, 11) is 1.19. The first-order chi connectivity index (χ1) is 14.9. The minimum Gasteiger partial charge on any atom is -0.494 e. The summed E-state index contributed by atoms with van der Waals surface area (Å²) in [5.74, 6) is -0.225. The largest absolute Gasteiger partial charge is 0.494 e. The van der Waals surface area contributed by atoms with Crippen LogP contribution in [0.2, 0.25) is 0 Å². The second-order valence-electron chi connectivity index (χ2n) is 7.16. The highest BCUT2D eigenvalue weighted by Gasteiger charge is 2.25. The highest BCUT2D eigenvalue weighted by Crippen LogP contribution is 2.21. The van der Waals surface area contributed by atoms with Crippen LogP contribution in [0, 0.1) is 10.1 Å². The summed E-state index contributed by atoms with van der Waals surface area (Å²) in [5, 5.41) is 11.2. The van der Waals surface area contributed by atoms with Crippen LogP contribution in [0.15, 0.2) is 42.5 Å². The van der Waals surface area contributed by atoms with E-state index in [-0.39, 0.29) is 22.7 Å². The molecule has 2 aromatic rings. The molecule has 0 unspecified atom stereocenters. The number of piperazine rings is 1. The van der Waals surface area contributed by atoms with Gasteiger partial charge in [-0.1, -0.05) is 12.1 Å². The summed E-state index contributed by atoms with van der Waals surface area (Å²) in [4.78, 5) is 39.2. The van der Waals surface area contributed by atoms with Crippen LogP contribution >= 0.6 is 0 Å². The average Bonchev–Trinajstić information content (AvgIpc) is 2.79. The van der Waals surface area contributed by atoms with Crippen LogP contribution in [0.3, 0.4) is 0 Å². The van der Waals surface area contributed by atoms with Crippen LogP contribution in [0.5, 0.6) is 5.75 Å². The van der Waals surface area contributed by atoms with Crippen LogP contribution in [0.25, 0.3) is 0 Å². The molecule has 31 heavy (non-hydrogen) atoms. The number of carbonyl (C=O) groups is 2. The third kappa shape index (κ3) is 5.58. The molecular formula is C22H25N3O6. The maximum atomic E-state index is 12.9. The predicted molar refractivity (Wildman–Crippen MR) is 113 cm³/mol. The molecule has 0 atom stereocenters. The zero-order chi connectivity index (χ0) is 22.4. The van der Waals surface area contributed by atoms with Gasteiger partial charge in [-0.05, 0) is 30.7 Å². The number of esters is 1. The molecular weight excluding hydrogens is 402 g/mol. The van der Waals surface area contributed by atoms with Gasteiger partial charge in [-0.2, -0.15) is 0 Å². The zero-order valence-electron chi connectivity index (χ0n) is 17.6. The van der Waals surface area contributed by atoms with E-state index in [9.17, 15) is 19.7 Å². The van der Waals surface area contributed by atoms with Gasteiger partial charge in [-0.25, -0.2) is 4.79 Å². The minimum absolute atomic E-state index is 0.0193. The van der Waals surface area contributed by atoms with Gasteiger partial charge in [-0.15, -0.1) is 0 Å². The molecule has 0 radical (unpaired) electrons. The molecule has 0 aliphatic carbocycles. The van der Waals surface area contributed by atoms with Gasteiger partial charge in [0.2, 0.25) is 0 Å². The van der Waals surface area contributed by atoms with Crippen LogP contribution in [-0.2, 0) is 11.3 Å². The van der Waals surface area contributed by atoms with E-state index in [0.717, 1.165) is 23.9 Å². The number of ether oxygens (including phenoxy) is 2. The van der Waals surface area contributed by atoms with E-state index in [4.69, 9.17) is 4.74 Å². The molecule has 9 heteroatoms. The number of nitro benzene ring substituents is 1. The van der Waals surface area contributed by atoms with Crippen molar-refractivity contribution in [3.63, 3.8) is 0 Å². The van der Waals surface area contributed by atoms with Crippen molar-refractivity contribution in [2.24, 2.45) is 0 Å². The zero-order valence-corrected chi connectivity index (χ0v) is 17.6. The summed E-state index contributed by atoms with van der Waals surface area (Å²) in [5.41, 5.74) is 0.925. The Bertz CT molecular complexity index is 952. The van der Waals surface area contributed by atoms with E-state index >= 15 is 0 Å². The van der Waals surface area contributed by atoms with Gasteiger partial charge in [0.25, 0.3) is 11.6 Å². The fourth-order valence-electron chi connectivity index (χ4n) is 3.48. The van der Waals surface area contributed by atoms with Crippen LogP contribution < -0.4 is 4.74 Å². The molecule has 1 amide bonds. The van der Waals surface area contributed by atoms with Gasteiger partial charge in [0.15, 0.2) is 0 Å². The van der Waals surface area contributed by atoms with Crippen LogP contribution in [0.1, 0.15) is 33.2 Å². The first kappa shape index (κ1) is 22.2. The van der Waals surface area contributed by atoms with Crippen molar-refractivity contribution in [3.8, 4) is 5.75 Å². The van der Waals surface area contributed by atoms with Crippen LogP contribution in [-0.4, -0.2) is 66.5 Å². The van der Waals surface area contributed by atoms with E-state index < -0.39 is 10.9 Å². The number of methoxy groups -OCH3 is 1. The average molecular weight is 427 g/mol. The molecule has 1 fully saturated rings. The molecule has 0 saturated carbocycles. The maximum Gasteiger partial charge on any atom is 0.338 e. The summed E-state index contributed by atoms with van der Waals surface area (Å²) in [6.45, 7) is 5.67. The lowest BCUT2D eigenvalue weighted by Gasteiger charge is -2.34. The van der Waals surface area contributed by atoms with Gasteiger partial charge in [0.1, 0.15) is 5.75 Å². The SMILES string of the molecule is CCOc1ccc(CN2CCN(C(=O)c3cc(C(=O)OC)cc([N+](=O)[O-])c3)CC2)cc1.